The standard InChI is InChI=1S/C22H12ClF3N4O3/c1-11-17-18-16(20(31)29(21(18)32)14-4-2-3-12(23)9-14)10-27-19(17)30(28-11)13-5-7-15(8-6-13)33-22(24,25)26/h2-10H,1H3. The fourth-order valence-corrected chi connectivity index (χ4v) is 3.96. The summed E-state index contributed by atoms with van der Waals surface area (Å²) in [6, 6.07) is 11.4. The third-order valence-corrected chi connectivity index (χ3v) is 5.34. The van der Waals surface area contributed by atoms with E-state index in [2.05, 4.69) is 14.8 Å². The fourth-order valence-electron chi connectivity index (χ4n) is 3.78. The van der Waals surface area contributed by atoms with Crippen LogP contribution in [0.3, 0.4) is 0 Å². The van der Waals surface area contributed by atoms with Crippen molar-refractivity contribution in [1.29, 1.82) is 0 Å². The Kier molecular flexibility index (Phi) is 4.64. The van der Waals surface area contributed by atoms with Gasteiger partial charge in [0.05, 0.1) is 33.6 Å². The average molecular weight is 473 g/mol. The molecule has 0 aliphatic carbocycles. The van der Waals surface area contributed by atoms with E-state index in [1.807, 2.05) is 0 Å². The number of hydrogen-bond acceptors (Lipinski definition) is 5. The Labute approximate surface area is 189 Å². The first kappa shape index (κ1) is 21.0. The molecule has 0 N–H and O–H groups in total. The van der Waals surface area contributed by atoms with Crippen LogP contribution in [0.2, 0.25) is 5.02 Å². The molecule has 33 heavy (non-hydrogen) atoms. The Morgan fingerprint density at radius 1 is 1.00 bits per heavy atom. The predicted molar refractivity (Wildman–Crippen MR) is 113 cm³/mol. The maximum atomic E-state index is 13.3. The first-order valence-electron chi connectivity index (χ1n) is 9.53. The van der Waals surface area contributed by atoms with E-state index >= 15 is 0 Å². The van der Waals surface area contributed by atoms with Crippen LogP contribution in [0.25, 0.3) is 16.7 Å². The van der Waals surface area contributed by atoms with Crippen LogP contribution in [-0.4, -0.2) is 32.9 Å². The molecule has 0 radical (unpaired) electrons. The Hall–Kier alpha value is -3.92. The lowest BCUT2D eigenvalue weighted by molar-refractivity contribution is -0.274. The average Bonchev–Trinajstić information content (AvgIpc) is 3.21. The van der Waals surface area contributed by atoms with Gasteiger partial charge in [-0.15, -0.1) is 13.2 Å². The zero-order chi connectivity index (χ0) is 23.5. The highest BCUT2D eigenvalue weighted by atomic mass is 35.5. The summed E-state index contributed by atoms with van der Waals surface area (Å²) in [5.41, 5.74) is 1.73. The highest BCUT2D eigenvalue weighted by Gasteiger charge is 2.40. The zero-order valence-corrected chi connectivity index (χ0v) is 17.5. The molecule has 0 spiro atoms. The highest BCUT2D eigenvalue weighted by molar-refractivity contribution is 6.38. The molecule has 1 aliphatic heterocycles. The minimum atomic E-state index is -4.81. The van der Waals surface area contributed by atoms with Gasteiger partial charge in [-0.25, -0.2) is 14.6 Å². The number of hydrogen-bond donors (Lipinski definition) is 0. The Morgan fingerprint density at radius 3 is 2.39 bits per heavy atom. The fraction of sp³-hybridized carbons (Fsp3) is 0.0909. The SMILES string of the molecule is Cc1nn(-c2ccc(OC(F)(F)F)cc2)c2ncc3c(c12)C(=O)N(c1cccc(Cl)c1)C3=O. The number of carbonyl (C=O) groups excluding carboxylic acids is 2. The van der Waals surface area contributed by atoms with Crippen molar-refractivity contribution in [3.63, 3.8) is 0 Å². The number of alkyl halides is 3. The van der Waals surface area contributed by atoms with E-state index in [9.17, 15) is 22.8 Å². The number of anilines is 1. The van der Waals surface area contributed by atoms with Crippen molar-refractivity contribution in [2.45, 2.75) is 13.3 Å². The second-order valence-corrected chi connectivity index (χ2v) is 7.65. The summed E-state index contributed by atoms with van der Waals surface area (Å²) < 4.78 is 42.6. The summed E-state index contributed by atoms with van der Waals surface area (Å²) in [6.07, 6.45) is -3.51. The molecular formula is C22H12ClF3N4O3. The van der Waals surface area contributed by atoms with E-state index in [1.165, 1.54) is 29.1 Å². The molecule has 7 nitrogen and oxygen atoms in total. The molecule has 2 amide bonds. The van der Waals surface area contributed by atoms with Crippen LogP contribution in [0.15, 0.2) is 54.7 Å². The molecule has 2 aromatic carbocycles. The van der Waals surface area contributed by atoms with Crippen LogP contribution in [-0.2, 0) is 0 Å². The Bertz CT molecular complexity index is 1450. The van der Waals surface area contributed by atoms with E-state index < -0.39 is 18.2 Å². The summed E-state index contributed by atoms with van der Waals surface area (Å²) in [6.45, 7) is 1.65. The third-order valence-electron chi connectivity index (χ3n) is 5.10. The Balaban J connectivity index is 1.60. The quantitative estimate of drug-likeness (QED) is 0.388. The number of carbonyl (C=O) groups is 2. The number of imide groups is 1. The number of halogens is 4. The number of aryl methyl sites for hydroxylation is 1. The van der Waals surface area contributed by atoms with Gasteiger partial charge in [0.1, 0.15) is 5.75 Å². The van der Waals surface area contributed by atoms with Gasteiger partial charge in [0, 0.05) is 11.2 Å². The smallest absolute Gasteiger partial charge is 0.406 e. The van der Waals surface area contributed by atoms with Gasteiger partial charge in [0.25, 0.3) is 11.8 Å². The molecule has 166 valence electrons. The van der Waals surface area contributed by atoms with Crippen LogP contribution in [0.4, 0.5) is 18.9 Å². The third kappa shape index (κ3) is 3.48. The molecule has 0 saturated carbocycles. The minimum absolute atomic E-state index is 0.129. The predicted octanol–water partition coefficient (Wildman–Crippen LogP) is 5.08. The normalized spacial score (nSPS) is 13.7. The second kappa shape index (κ2) is 7.31. The van der Waals surface area contributed by atoms with Gasteiger partial charge in [-0.1, -0.05) is 17.7 Å². The molecule has 0 saturated heterocycles. The van der Waals surface area contributed by atoms with Crippen molar-refractivity contribution in [1.82, 2.24) is 14.8 Å². The number of fused-ring (bicyclic) bond motifs is 3. The molecule has 0 fully saturated rings. The van der Waals surface area contributed by atoms with Crippen molar-refractivity contribution in [2.75, 3.05) is 4.90 Å². The molecule has 0 atom stereocenters. The first-order valence-corrected chi connectivity index (χ1v) is 9.91. The van der Waals surface area contributed by atoms with Crippen molar-refractivity contribution in [3.8, 4) is 11.4 Å². The van der Waals surface area contributed by atoms with Gasteiger partial charge in [0.2, 0.25) is 0 Å². The lowest BCUT2D eigenvalue weighted by Crippen LogP contribution is -2.29. The summed E-state index contributed by atoms with van der Waals surface area (Å²) >= 11 is 6.02. The van der Waals surface area contributed by atoms with E-state index in [0.717, 1.165) is 17.0 Å². The summed E-state index contributed by atoms with van der Waals surface area (Å²) in [5, 5.41) is 5.15. The molecular weight excluding hydrogens is 461 g/mol. The number of pyridine rings is 1. The number of benzene rings is 2. The monoisotopic (exact) mass is 472 g/mol. The lowest BCUT2D eigenvalue weighted by Gasteiger charge is -2.13. The van der Waals surface area contributed by atoms with Crippen molar-refractivity contribution >= 4 is 40.1 Å². The topological polar surface area (TPSA) is 77.3 Å². The Morgan fingerprint density at radius 2 is 1.73 bits per heavy atom. The summed E-state index contributed by atoms with van der Waals surface area (Å²) in [4.78, 5) is 31.6. The summed E-state index contributed by atoms with van der Waals surface area (Å²) in [5.74, 6) is -1.46. The lowest BCUT2D eigenvalue weighted by atomic mass is 10.1. The van der Waals surface area contributed by atoms with Crippen molar-refractivity contribution in [3.05, 3.63) is 76.6 Å². The maximum absolute atomic E-state index is 13.3. The molecule has 0 unspecified atom stereocenters. The van der Waals surface area contributed by atoms with Crippen LogP contribution >= 0.6 is 11.6 Å². The van der Waals surface area contributed by atoms with Gasteiger partial charge >= 0.3 is 6.36 Å². The first-order chi connectivity index (χ1) is 15.6. The largest absolute Gasteiger partial charge is 0.573 e. The van der Waals surface area contributed by atoms with Gasteiger partial charge in [0.15, 0.2) is 5.65 Å². The number of rotatable bonds is 3. The molecule has 0 bridgehead atoms. The zero-order valence-electron chi connectivity index (χ0n) is 16.7. The molecule has 1 aliphatic rings. The van der Waals surface area contributed by atoms with E-state index in [0.29, 0.717) is 27.5 Å². The van der Waals surface area contributed by atoms with Crippen LogP contribution < -0.4 is 9.64 Å². The van der Waals surface area contributed by atoms with Crippen LogP contribution in [0.5, 0.6) is 5.75 Å². The number of amides is 2. The maximum Gasteiger partial charge on any atom is 0.573 e. The van der Waals surface area contributed by atoms with Crippen molar-refractivity contribution in [2.24, 2.45) is 0 Å². The van der Waals surface area contributed by atoms with Crippen LogP contribution in [0.1, 0.15) is 26.4 Å². The van der Waals surface area contributed by atoms with Gasteiger partial charge < -0.3 is 4.74 Å². The molecule has 4 aromatic rings. The van der Waals surface area contributed by atoms with Crippen LogP contribution in [0, 0.1) is 6.92 Å². The van der Waals surface area contributed by atoms with Gasteiger partial charge in [-0.3, -0.25) is 9.59 Å². The highest BCUT2D eigenvalue weighted by Crippen LogP contribution is 2.35. The molecule has 5 rings (SSSR count). The second-order valence-electron chi connectivity index (χ2n) is 7.21. The van der Waals surface area contributed by atoms with E-state index in [4.69, 9.17) is 11.6 Å². The molecule has 2 aromatic heterocycles. The number of nitrogens with zero attached hydrogens (tertiary/aromatic N) is 4. The van der Waals surface area contributed by atoms with Crippen molar-refractivity contribution < 1.29 is 27.5 Å². The van der Waals surface area contributed by atoms with E-state index in [1.54, 1.807) is 25.1 Å². The molecule has 3 heterocycles. The number of aromatic nitrogens is 3. The minimum Gasteiger partial charge on any atom is -0.406 e. The molecule has 11 heteroatoms. The van der Waals surface area contributed by atoms with Gasteiger partial charge in [-0.2, -0.15) is 5.10 Å². The van der Waals surface area contributed by atoms with E-state index in [-0.39, 0.29) is 22.5 Å². The summed E-state index contributed by atoms with van der Waals surface area (Å²) in [7, 11) is 0. The van der Waals surface area contributed by atoms with Gasteiger partial charge in [-0.05, 0) is 49.4 Å². The number of ether oxygens (including phenoxy) is 1.